The number of benzene rings is 1. The standard InChI is InChI=1S/C16H22N4O5/c1-10(21)25-9-11-3-5-12(6-4-11)19-16(24)13(7-14(17)22)20-15(23)8-18-2/h3-6,13,18H,7-9H2,1-2H3,(H2,17,22)(H,19,24)(H,20,23). The fraction of sp³-hybridized carbons (Fsp3) is 0.375. The Morgan fingerprint density at radius 2 is 1.80 bits per heavy atom. The van der Waals surface area contributed by atoms with Crippen molar-refractivity contribution in [2.24, 2.45) is 5.73 Å². The lowest BCUT2D eigenvalue weighted by Gasteiger charge is -2.17. The molecule has 0 bridgehead atoms. The number of ether oxygens (including phenoxy) is 1. The first-order chi connectivity index (χ1) is 11.8. The van der Waals surface area contributed by atoms with Crippen LogP contribution in [0, 0.1) is 0 Å². The minimum atomic E-state index is -1.07. The number of esters is 1. The number of carbonyl (C=O) groups is 4. The van der Waals surface area contributed by atoms with E-state index in [0.717, 1.165) is 5.56 Å². The summed E-state index contributed by atoms with van der Waals surface area (Å²) in [5.74, 6) is -2.08. The van der Waals surface area contributed by atoms with Crippen LogP contribution < -0.4 is 21.7 Å². The molecular weight excluding hydrogens is 328 g/mol. The zero-order valence-electron chi connectivity index (χ0n) is 14.1. The van der Waals surface area contributed by atoms with Crippen LogP contribution in [0.5, 0.6) is 0 Å². The second-order valence-electron chi connectivity index (χ2n) is 5.29. The summed E-state index contributed by atoms with van der Waals surface area (Å²) in [5, 5.41) is 7.68. The number of carbonyl (C=O) groups excluding carboxylic acids is 4. The Hall–Kier alpha value is -2.94. The van der Waals surface area contributed by atoms with Crippen molar-refractivity contribution < 1.29 is 23.9 Å². The smallest absolute Gasteiger partial charge is 0.302 e. The summed E-state index contributed by atoms with van der Waals surface area (Å²) in [5.41, 5.74) is 6.35. The molecule has 3 amide bonds. The topological polar surface area (TPSA) is 140 Å². The van der Waals surface area contributed by atoms with E-state index < -0.39 is 23.8 Å². The van der Waals surface area contributed by atoms with Crippen molar-refractivity contribution >= 4 is 29.4 Å². The Kier molecular flexibility index (Phi) is 8.07. The number of hydrogen-bond acceptors (Lipinski definition) is 6. The van der Waals surface area contributed by atoms with E-state index in [4.69, 9.17) is 10.5 Å². The third kappa shape index (κ3) is 7.93. The molecule has 0 saturated heterocycles. The molecule has 0 fully saturated rings. The van der Waals surface area contributed by atoms with Crippen LogP contribution in [0.1, 0.15) is 18.9 Å². The first-order valence-corrected chi connectivity index (χ1v) is 7.57. The summed E-state index contributed by atoms with van der Waals surface area (Å²) in [6, 6.07) is 5.53. The Morgan fingerprint density at radius 3 is 2.32 bits per heavy atom. The van der Waals surface area contributed by atoms with Crippen molar-refractivity contribution in [1.29, 1.82) is 0 Å². The molecule has 0 aromatic heterocycles. The molecule has 0 aliphatic carbocycles. The van der Waals surface area contributed by atoms with Gasteiger partial charge in [0, 0.05) is 12.6 Å². The number of primary amides is 1. The van der Waals surface area contributed by atoms with Crippen LogP contribution in [-0.2, 0) is 30.5 Å². The first kappa shape index (κ1) is 20.1. The lowest BCUT2D eigenvalue weighted by Crippen LogP contribution is -2.48. The molecular formula is C16H22N4O5. The molecule has 1 aromatic carbocycles. The summed E-state index contributed by atoms with van der Waals surface area (Å²) in [7, 11) is 1.58. The summed E-state index contributed by atoms with van der Waals surface area (Å²) < 4.78 is 4.87. The maximum atomic E-state index is 12.3. The number of nitrogens with one attached hydrogen (secondary N) is 3. The van der Waals surface area contributed by atoms with Crippen LogP contribution in [0.3, 0.4) is 0 Å². The number of hydrogen-bond donors (Lipinski definition) is 4. The Labute approximate surface area is 145 Å². The van der Waals surface area contributed by atoms with Crippen molar-refractivity contribution in [3.05, 3.63) is 29.8 Å². The number of amides is 3. The van der Waals surface area contributed by atoms with Gasteiger partial charge in [-0.1, -0.05) is 12.1 Å². The van der Waals surface area contributed by atoms with E-state index in [1.54, 1.807) is 31.3 Å². The van der Waals surface area contributed by atoms with Gasteiger partial charge in [0.15, 0.2) is 0 Å². The Bertz CT molecular complexity index is 630. The van der Waals surface area contributed by atoms with Gasteiger partial charge in [-0.15, -0.1) is 0 Å². The van der Waals surface area contributed by atoms with Gasteiger partial charge in [-0.3, -0.25) is 19.2 Å². The average Bonchev–Trinajstić information content (AvgIpc) is 2.53. The van der Waals surface area contributed by atoms with E-state index >= 15 is 0 Å². The minimum Gasteiger partial charge on any atom is -0.461 e. The van der Waals surface area contributed by atoms with E-state index in [1.807, 2.05) is 0 Å². The second-order valence-corrected chi connectivity index (χ2v) is 5.29. The third-order valence-electron chi connectivity index (χ3n) is 3.06. The predicted molar refractivity (Wildman–Crippen MR) is 90.2 cm³/mol. The zero-order valence-corrected chi connectivity index (χ0v) is 14.1. The van der Waals surface area contributed by atoms with Crippen LogP contribution in [-0.4, -0.2) is 43.3 Å². The SMILES string of the molecule is CNCC(=O)NC(CC(N)=O)C(=O)Nc1ccc(COC(C)=O)cc1. The summed E-state index contributed by atoms with van der Waals surface area (Å²) in [6.45, 7) is 1.46. The van der Waals surface area contributed by atoms with Crippen molar-refractivity contribution in [3.8, 4) is 0 Å². The van der Waals surface area contributed by atoms with Crippen LogP contribution in [0.4, 0.5) is 5.69 Å². The molecule has 1 unspecified atom stereocenters. The van der Waals surface area contributed by atoms with Crippen LogP contribution >= 0.6 is 0 Å². The highest BCUT2D eigenvalue weighted by Gasteiger charge is 2.22. The summed E-state index contributed by atoms with van der Waals surface area (Å²) >= 11 is 0. The molecule has 9 heteroatoms. The van der Waals surface area contributed by atoms with Crippen LogP contribution in [0.15, 0.2) is 24.3 Å². The molecule has 136 valence electrons. The van der Waals surface area contributed by atoms with Gasteiger partial charge in [0.25, 0.3) is 0 Å². The lowest BCUT2D eigenvalue weighted by atomic mass is 10.1. The maximum Gasteiger partial charge on any atom is 0.302 e. The molecule has 1 atom stereocenters. The third-order valence-corrected chi connectivity index (χ3v) is 3.06. The molecule has 0 radical (unpaired) electrons. The Morgan fingerprint density at radius 1 is 1.16 bits per heavy atom. The van der Waals surface area contributed by atoms with Gasteiger partial charge in [-0.25, -0.2) is 0 Å². The monoisotopic (exact) mass is 350 g/mol. The van der Waals surface area contributed by atoms with Crippen molar-refractivity contribution in [2.45, 2.75) is 26.0 Å². The van der Waals surface area contributed by atoms with E-state index in [-0.39, 0.29) is 25.5 Å². The van der Waals surface area contributed by atoms with Crippen molar-refractivity contribution in [3.63, 3.8) is 0 Å². The van der Waals surface area contributed by atoms with E-state index in [9.17, 15) is 19.2 Å². The van der Waals surface area contributed by atoms with Gasteiger partial charge in [-0.2, -0.15) is 0 Å². The molecule has 0 saturated carbocycles. The Balaban J connectivity index is 2.69. The predicted octanol–water partition coefficient (Wildman–Crippen LogP) is -0.732. The molecule has 1 aromatic rings. The van der Waals surface area contributed by atoms with E-state index in [1.165, 1.54) is 6.92 Å². The summed E-state index contributed by atoms with van der Waals surface area (Å²) in [6.07, 6.45) is -0.314. The molecule has 0 heterocycles. The van der Waals surface area contributed by atoms with Crippen molar-refractivity contribution in [1.82, 2.24) is 10.6 Å². The van der Waals surface area contributed by atoms with Crippen LogP contribution in [0.2, 0.25) is 0 Å². The highest BCUT2D eigenvalue weighted by molar-refractivity contribution is 5.99. The van der Waals surface area contributed by atoms with E-state index in [0.29, 0.717) is 5.69 Å². The fourth-order valence-corrected chi connectivity index (χ4v) is 1.92. The molecule has 0 aliphatic rings. The van der Waals surface area contributed by atoms with E-state index in [2.05, 4.69) is 16.0 Å². The zero-order chi connectivity index (χ0) is 18.8. The average molecular weight is 350 g/mol. The fourth-order valence-electron chi connectivity index (χ4n) is 1.92. The molecule has 0 spiro atoms. The number of rotatable bonds is 9. The van der Waals surface area contributed by atoms with Crippen LogP contribution in [0.25, 0.3) is 0 Å². The number of likely N-dealkylation sites (N-methyl/N-ethyl adjacent to an activating group) is 1. The molecule has 0 aliphatic heterocycles. The van der Waals surface area contributed by atoms with Gasteiger partial charge >= 0.3 is 5.97 Å². The number of anilines is 1. The highest BCUT2D eigenvalue weighted by Crippen LogP contribution is 2.11. The lowest BCUT2D eigenvalue weighted by molar-refractivity contribution is -0.142. The molecule has 25 heavy (non-hydrogen) atoms. The van der Waals surface area contributed by atoms with Gasteiger partial charge < -0.3 is 26.4 Å². The maximum absolute atomic E-state index is 12.3. The quantitative estimate of drug-likeness (QED) is 0.433. The van der Waals surface area contributed by atoms with Crippen molar-refractivity contribution in [2.75, 3.05) is 18.9 Å². The minimum absolute atomic E-state index is 0.00733. The largest absolute Gasteiger partial charge is 0.461 e. The summed E-state index contributed by atoms with van der Waals surface area (Å²) in [4.78, 5) is 45.8. The first-order valence-electron chi connectivity index (χ1n) is 7.57. The highest BCUT2D eigenvalue weighted by atomic mass is 16.5. The molecule has 5 N–H and O–H groups in total. The number of nitrogens with two attached hydrogens (primary N) is 1. The van der Waals surface area contributed by atoms with Gasteiger partial charge in [0.2, 0.25) is 17.7 Å². The second kappa shape index (κ2) is 10.0. The van der Waals surface area contributed by atoms with Gasteiger partial charge in [-0.05, 0) is 24.7 Å². The molecule has 1 rings (SSSR count). The van der Waals surface area contributed by atoms with Gasteiger partial charge in [0.1, 0.15) is 12.6 Å². The van der Waals surface area contributed by atoms with Gasteiger partial charge in [0.05, 0.1) is 13.0 Å². The normalized spacial score (nSPS) is 11.3. The molecule has 9 nitrogen and oxygen atoms in total.